The summed E-state index contributed by atoms with van der Waals surface area (Å²) in [4.78, 5) is 5.21. The van der Waals surface area contributed by atoms with E-state index in [-0.39, 0.29) is 6.17 Å². The third kappa shape index (κ3) is 5.06. The van der Waals surface area contributed by atoms with Gasteiger partial charge in [0.2, 0.25) is 0 Å². The summed E-state index contributed by atoms with van der Waals surface area (Å²) in [6.45, 7) is 0. The minimum Gasteiger partial charge on any atom is -0.360 e. The lowest BCUT2D eigenvalue weighted by molar-refractivity contribution is 0.828. The molecule has 0 saturated heterocycles. The van der Waals surface area contributed by atoms with E-state index in [2.05, 4.69) is 192 Å². The second-order valence-electron chi connectivity index (χ2n) is 14.3. The number of aliphatic imine (C=N–C) groups is 1. The van der Waals surface area contributed by atoms with Crippen molar-refractivity contribution in [1.82, 2.24) is 4.57 Å². The molecule has 0 spiro atoms. The predicted octanol–water partition coefficient (Wildman–Crippen LogP) is 13.0. The Morgan fingerprint density at radius 1 is 0.593 bits per heavy atom. The molecule has 9 aromatic rings. The molecule has 1 aliphatic heterocycles. The van der Waals surface area contributed by atoms with Crippen LogP contribution in [0.4, 0.5) is 5.69 Å². The third-order valence-corrected chi connectivity index (χ3v) is 12.5. The molecule has 3 nitrogen and oxygen atoms in total. The lowest BCUT2D eigenvalue weighted by atomic mass is 9.86. The van der Waals surface area contributed by atoms with Crippen LogP contribution in [0.5, 0.6) is 0 Å². The molecule has 0 saturated carbocycles. The zero-order chi connectivity index (χ0) is 35.6. The van der Waals surface area contributed by atoms with Crippen molar-refractivity contribution in [2.24, 2.45) is 4.99 Å². The summed E-state index contributed by atoms with van der Waals surface area (Å²) in [7, 11) is 0. The number of nitrogens with one attached hydrogen (secondary N) is 1. The lowest BCUT2D eigenvalue weighted by Crippen LogP contribution is -2.20. The van der Waals surface area contributed by atoms with E-state index in [9.17, 15) is 0 Å². The molecule has 0 radical (unpaired) electrons. The molecular formula is C50H35N3S. The van der Waals surface area contributed by atoms with Gasteiger partial charge >= 0.3 is 0 Å². The maximum atomic E-state index is 5.21. The number of para-hydroxylation sites is 2. The van der Waals surface area contributed by atoms with Crippen molar-refractivity contribution < 1.29 is 0 Å². The molecule has 2 aliphatic rings. The highest BCUT2D eigenvalue weighted by atomic mass is 32.1. The van der Waals surface area contributed by atoms with Gasteiger partial charge in [0.05, 0.1) is 11.2 Å². The molecule has 2 unspecified atom stereocenters. The first-order valence-electron chi connectivity index (χ1n) is 18.7. The first kappa shape index (κ1) is 31.1. The number of nitrogens with zero attached hydrogens (tertiary/aromatic N) is 2. The molecule has 0 fully saturated rings. The maximum Gasteiger partial charge on any atom is 0.145 e. The highest BCUT2D eigenvalue weighted by Gasteiger charge is 2.26. The molecule has 7 aromatic carbocycles. The van der Waals surface area contributed by atoms with Crippen LogP contribution >= 0.6 is 11.3 Å². The summed E-state index contributed by atoms with van der Waals surface area (Å²) in [5.41, 5.74) is 14.5. The summed E-state index contributed by atoms with van der Waals surface area (Å²) in [5, 5.41) is 7.72. The number of anilines is 1. The smallest absolute Gasteiger partial charge is 0.145 e. The van der Waals surface area contributed by atoms with Gasteiger partial charge in [-0.2, -0.15) is 0 Å². The van der Waals surface area contributed by atoms with Gasteiger partial charge in [0.25, 0.3) is 0 Å². The van der Waals surface area contributed by atoms with Crippen molar-refractivity contribution >= 4 is 59.9 Å². The van der Waals surface area contributed by atoms with Crippen LogP contribution in [0.25, 0.3) is 54.0 Å². The number of hydrogen-bond donors (Lipinski definition) is 1. The van der Waals surface area contributed by atoms with Crippen LogP contribution in [0.1, 0.15) is 45.6 Å². The second-order valence-corrected chi connectivity index (χ2v) is 15.4. The Morgan fingerprint density at radius 3 is 2.15 bits per heavy atom. The fraction of sp³-hybridized carbons (Fsp3) is 0.0600. The molecule has 2 aromatic heterocycles. The van der Waals surface area contributed by atoms with E-state index >= 15 is 0 Å². The largest absolute Gasteiger partial charge is 0.360 e. The summed E-state index contributed by atoms with van der Waals surface area (Å²) in [6, 6.07) is 61.4. The van der Waals surface area contributed by atoms with Gasteiger partial charge in [-0.3, -0.25) is 4.99 Å². The van der Waals surface area contributed by atoms with Crippen molar-refractivity contribution in [3.63, 3.8) is 0 Å². The molecular weight excluding hydrogens is 675 g/mol. The third-order valence-electron chi connectivity index (χ3n) is 11.2. The van der Waals surface area contributed by atoms with Gasteiger partial charge in [-0.25, -0.2) is 0 Å². The van der Waals surface area contributed by atoms with Crippen molar-refractivity contribution in [1.29, 1.82) is 0 Å². The van der Waals surface area contributed by atoms with E-state index in [1.807, 2.05) is 11.3 Å². The van der Waals surface area contributed by atoms with Crippen LogP contribution in [0.2, 0.25) is 0 Å². The first-order valence-corrected chi connectivity index (χ1v) is 19.5. The van der Waals surface area contributed by atoms with Gasteiger partial charge in [0, 0.05) is 59.7 Å². The number of allylic oxidation sites excluding steroid dienone is 1. The Balaban J connectivity index is 0.901. The summed E-state index contributed by atoms with van der Waals surface area (Å²) in [6.07, 6.45) is 5.62. The van der Waals surface area contributed by atoms with Gasteiger partial charge in [-0.05, 0) is 70.6 Å². The first-order chi connectivity index (χ1) is 26.8. The molecule has 0 bridgehead atoms. The number of hydrogen-bond acceptors (Lipinski definition) is 3. The molecule has 3 heterocycles. The maximum absolute atomic E-state index is 5.21. The Kier molecular flexibility index (Phi) is 7.24. The van der Waals surface area contributed by atoms with Crippen LogP contribution in [-0.4, -0.2) is 10.3 Å². The molecule has 2 atom stereocenters. The summed E-state index contributed by atoms with van der Waals surface area (Å²) < 4.78 is 5.21. The minimum absolute atomic E-state index is 0.162. The zero-order valence-electron chi connectivity index (χ0n) is 29.5. The van der Waals surface area contributed by atoms with Crippen molar-refractivity contribution in [2.75, 3.05) is 5.32 Å². The van der Waals surface area contributed by atoms with Crippen LogP contribution in [0, 0.1) is 0 Å². The lowest BCUT2D eigenvalue weighted by Gasteiger charge is -2.26. The van der Waals surface area contributed by atoms with Gasteiger partial charge < -0.3 is 9.88 Å². The van der Waals surface area contributed by atoms with Crippen molar-refractivity contribution in [2.45, 2.75) is 18.5 Å². The molecule has 1 N–H and O–H groups in total. The molecule has 54 heavy (non-hydrogen) atoms. The Labute approximate surface area is 318 Å². The molecule has 4 heteroatoms. The Bertz CT molecular complexity index is 2930. The van der Waals surface area contributed by atoms with Crippen LogP contribution in [0.3, 0.4) is 0 Å². The van der Waals surface area contributed by atoms with Crippen LogP contribution in [0.15, 0.2) is 181 Å². The number of thiophene rings is 1. The fourth-order valence-electron chi connectivity index (χ4n) is 8.60. The summed E-state index contributed by atoms with van der Waals surface area (Å²) in [5.74, 6) is 0.327. The van der Waals surface area contributed by atoms with Crippen LogP contribution in [-0.2, 0) is 6.42 Å². The van der Waals surface area contributed by atoms with Gasteiger partial charge in [0.1, 0.15) is 6.17 Å². The Hall–Kier alpha value is -6.49. The highest BCUT2D eigenvalue weighted by molar-refractivity contribution is 7.26. The van der Waals surface area contributed by atoms with E-state index in [4.69, 9.17) is 4.99 Å². The number of aromatic nitrogens is 1. The number of fused-ring (bicyclic) bond motifs is 7. The topological polar surface area (TPSA) is 29.3 Å². The monoisotopic (exact) mass is 709 g/mol. The van der Waals surface area contributed by atoms with E-state index in [0.29, 0.717) is 5.92 Å². The van der Waals surface area contributed by atoms with Crippen molar-refractivity contribution in [3.05, 3.63) is 209 Å². The van der Waals surface area contributed by atoms with Crippen molar-refractivity contribution in [3.8, 4) is 16.8 Å². The second kappa shape index (κ2) is 12.6. The average molecular weight is 710 g/mol. The quantitative estimate of drug-likeness (QED) is 0.189. The molecule has 0 amide bonds. The van der Waals surface area contributed by atoms with E-state index in [1.165, 1.54) is 64.7 Å². The highest BCUT2D eigenvalue weighted by Crippen LogP contribution is 2.43. The summed E-state index contributed by atoms with van der Waals surface area (Å²) >= 11 is 1.93. The van der Waals surface area contributed by atoms with Gasteiger partial charge in [-0.1, -0.05) is 146 Å². The Morgan fingerprint density at radius 2 is 1.30 bits per heavy atom. The average Bonchev–Trinajstić information content (AvgIpc) is 3.79. The van der Waals surface area contributed by atoms with Gasteiger partial charge in [0.15, 0.2) is 0 Å². The zero-order valence-corrected chi connectivity index (χ0v) is 30.3. The van der Waals surface area contributed by atoms with E-state index in [1.54, 1.807) is 0 Å². The standard InChI is InChI=1S/C50H35N3S/c1-2-11-34(12-3-1)48-42-15-4-7-18-44(42)51-50(52-48)35-23-21-32(22-24-35)33-25-28-37(29-26-33)53-45-19-8-5-13-39(45)43-31-36(27-30-46(43)53)38-16-10-17-41-40-14-6-9-20-47(40)54-49(38)41/h1-30,36,50-51H,31H2. The van der Waals surface area contributed by atoms with E-state index in [0.717, 1.165) is 34.5 Å². The molecule has 1 aliphatic carbocycles. The normalized spacial score (nSPS) is 16.3. The number of rotatable bonds is 5. The fourth-order valence-corrected chi connectivity index (χ4v) is 9.88. The molecule has 256 valence electrons. The predicted molar refractivity (Wildman–Crippen MR) is 228 cm³/mol. The minimum atomic E-state index is -0.162. The van der Waals surface area contributed by atoms with Crippen LogP contribution < -0.4 is 5.32 Å². The molecule has 11 rings (SSSR count). The number of benzene rings is 7. The van der Waals surface area contributed by atoms with Gasteiger partial charge in [-0.15, -0.1) is 11.3 Å². The SMILES string of the molecule is C1=CC(c2cccc3c2sc2ccccc23)Cc2c1n(-c1ccc(-c3ccc(C4N=C(c5ccccc5)c5ccccc5N4)cc3)cc1)c1ccccc21. The van der Waals surface area contributed by atoms with E-state index < -0.39 is 0 Å².